The molecule has 8 nitrogen and oxygen atoms in total. The zero-order valence-electron chi connectivity index (χ0n) is 14.0. The van der Waals surface area contributed by atoms with Gasteiger partial charge in [-0.1, -0.05) is 23.2 Å². The van der Waals surface area contributed by atoms with Crippen molar-refractivity contribution >= 4 is 35.0 Å². The molecular weight excluding hydrogens is 415 g/mol. The fourth-order valence-electron chi connectivity index (χ4n) is 2.18. The van der Waals surface area contributed by atoms with Crippen LogP contribution in [0.25, 0.3) is 5.69 Å². The van der Waals surface area contributed by atoms with Crippen molar-refractivity contribution in [3.05, 3.63) is 61.5 Å². The van der Waals surface area contributed by atoms with E-state index in [0.717, 1.165) is 15.8 Å². The van der Waals surface area contributed by atoms with Gasteiger partial charge in [0.15, 0.2) is 11.5 Å². The Morgan fingerprint density at radius 3 is 2.44 bits per heavy atom. The third kappa shape index (κ3) is 4.10. The number of halogens is 2. The van der Waals surface area contributed by atoms with E-state index >= 15 is 0 Å². The van der Waals surface area contributed by atoms with Crippen molar-refractivity contribution < 1.29 is 9.47 Å². The van der Waals surface area contributed by atoms with Gasteiger partial charge in [0.2, 0.25) is 5.88 Å². The lowest BCUT2D eigenvalue weighted by Gasteiger charge is -2.12. The molecule has 0 aliphatic heterocycles. The highest BCUT2D eigenvalue weighted by molar-refractivity contribution is 7.98. The van der Waals surface area contributed by atoms with Gasteiger partial charge in [-0.15, -0.1) is 11.8 Å². The zero-order chi connectivity index (χ0) is 19.6. The van der Waals surface area contributed by atoms with Crippen molar-refractivity contribution in [1.29, 1.82) is 0 Å². The van der Waals surface area contributed by atoms with Crippen LogP contribution in [-0.4, -0.2) is 33.1 Å². The number of nitrogens with one attached hydrogen (secondary N) is 1. The minimum absolute atomic E-state index is 0.140. The van der Waals surface area contributed by atoms with Crippen LogP contribution in [0.4, 0.5) is 0 Å². The Hall–Kier alpha value is -2.49. The molecule has 0 aliphatic rings. The number of pyridine rings is 1. The number of benzene rings is 1. The van der Waals surface area contributed by atoms with Crippen LogP contribution >= 0.6 is 35.0 Å². The molecule has 0 amide bonds. The normalized spacial score (nSPS) is 10.7. The molecule has 0 unspecified atom stereocenters. The highest BCUT2D eigenvalue weighted by atomic mass is 35.5. The molecule has 0 radical (unpaired) electrons. The molecule has 0 spiro atoms. The quantitative estimate of drug-likeness (QED) is 0.625. The van der Waals surface area contributed by atoms with Gasteiger partial charge in [-0.3, -0.25) is 9.78 Å². The van der Waals surface area contributed by atoms with Crippen LogP contribution in [0, 0.1) is 0 Å². The summed E-state index contributed by atoms with van der Waals surface area (Å²) in [7, 11) is 1.55. The predicted molar refractivity (Wildman–Crippen MR) is 103 cm³/mol. The van der Waals surface area contributed by atoms with Gasteiger partial charge >= 0.3 is 5.69 Å². The van der Waals surface area contributed by atoms with Crippen LogP contribution in [-0.2, 0) is 0 Å². The van der Waals surface area contributed by atoms with Crippen LogP contribution in [0.5, 0.6) is 17.4 Å². The summed E-state index contributed by atoms with van der Waals surface area (Å²) in [4.78, 5) is 30.1. The Kier molecular flexibility index (Phi) is 5.73. The number of nitrogens with zero attached hydrogens (tertiary/aromatic N) is 3. The van der Waals surface area contributed by atoms with Crippen LogP contribution in [0.2, 0.25) is 10.0 Å². The number of thioether (sulfide) groups is 1. The van der Waals surface area contributed by atoms with Crippen LogP contribution in [0.1, 0.15) is 0 Å². The third-order valence-electron chi connectivity index (χ3n) is 3.39. The summed E-state index contributed by atoms with van der Waals surface area (Å²) in [5, 5.41) is 4.04. The summed E-state index contributed by atoms with van der Waals surface area (Å²) in [6, 6.07) is 4.57. The molecule has 0 fully saturated rings. The number of hydrogen-bond donors (Lipinski definition) is 1. The van der Waals surface area contributed by atoms with Crippen molar-refractivity contribution in [3.8, 4) is 23.1 Å². The Balaban J connectivity index is 1.98. The molecular formula is C16H12Cl2N4O4S. The maximum atomic E-state index is 11.9. The lowest BCUT2D eigenvalue weighted by molar-refractivity contribution is 0.397. The number of aromatic nitrogens is 4. The van der Waals surface area contributed by atoms with E-state index < -0.39 is 11.2 Å². The first-order valence-electron chi connectivity index (χ1n) is 7.37. The van der Waals surface area contributed by atoms with E-state index in [1.807, 2.05) is 6.26 Å². The predicted octanol–water partition coefficient (Wildman–Crippen LogP) is 3.15. The van der Waals surface area contributed by atoms with Crippen molar-refractivity contribution in [2.45, 2.75) is 4.90 Å². The van der Waals surface area contributed by atoms with Crippen LogP contribution in [0.3, 0.4) is 0 Å². The number of H-pyrrole nitrogens is 1. The Labute approximate surface area is 167 Å². The Bertz CT molecular complexity index is 1090. The van der Waals surface area contributed by atoms with E-state index in [1.54, 1.807) is 13.2 Å². The van der Waals surface area contributed by atoms with Crippen LogP contribution in [0.15, 0.2) is 45.1 Å². The Morgan fingerprint density at radius 1 is 1.15 bits per heavy atom. The fraction of sp³-hybridized carbons (Fsp3) is 0.125. The number of rotatable bonds is 5. The first-order valence-corrected chi connectivity index (χ1v) is 9.35. The fourth-order valence-corrected chi connectivity index (χ4v) is 3.29. The number of hydrogen-bond acceptors (Lipinski definition) is 7. The van der Waals surface area contributed by atoms with E-state index in [0.29, 0.717) is 5.75 Å². The summed E-state index contributed by atoms with van der Waals surface area (Å²) >= 11 is 14.0. The van der Waals surface area contributed by atoms with Gasteiger partial charge < -0.3 is 9.47 Å². The van der Waals surface area contributed by atoms with Gasteiger partial charge in [0.25, 0.3) is 5.56 Å². The van der Waals surface area contributed by atoms with Crippen molar-refractivity contribution in [3.63, 3.8) is 0 Å². The van der Waals surface area contributed by atoms with Crippen molar-refractivity contribution in [1.82, 2.24) is 19.7 Å². The van der Waals surface area contributed by atoms with Crippen LogP contribution < -0.4 is 20.7 Å². The average Bonchev–Trinajstić information content (AvgIpc) is 2.64. The minimum Gasteiger partial charge on any atom is -0.494 e. The Morgan fingerprint density at radius 2 is 1.85 bits per heavy atom. The number of ether oxygens (including phenoxy) is 2. The standard InChI is InChI=1S/C16H12Cl2N4O4S/c1-25-11-6-19-14(5-12(11)27-2)26-15-9(17)3-8(4-10(15)18)22-16(24)21-13(23)7-20-22/h3-7H,1-2H3,(H,21,23,24). The van der Waals surface area contributed by atoms with Gasteiger partial charge in [0.1, 0.15) is 6.20 Å². The molecule has 1 N–H and O–H groups in total. The highest BCUT2D eigenvalue weighted by Gasteiger charge is 2.15. The SMILES string of the molecule is COc1cnc(Oc2c(Cl)cc(-n3ncc(=O)[nH]c3=O)cc2Cl)cc1SC. The van der Waals surface area contributed by atoms with E-state index in [-0.39, 0.29) is 27.4 Å². The molecule has 0 aliphatic carbocycles. The monoisotopic (exact) mass is 426 g/mol. The summed E-state index contributed by atoms with van der Waals surface area (Å²) in [5.41, 5.74) is -1.06. The molecule has 27 heavy (non-hydrogen) atoms. The molecule has 3 rings (SSSR count). The van der Waals surface area contributed by atoms with Crippen molar-refractivity contribution in [2.75, 3.05) is 13.4 Å². The lowest BCUT2D eigenvalue weighted by atomic mass is 10.3. The van der Waals surface area contributed by atoms with Gasteiger partial charge in [-0.2, -0.15) is 9.78 Å². The van der Waals surface area contributed by atoms with Crippen molar-refractivity contribution in [2.24, 2.45) is 0 Å². The van der Waals surface area contributed by atoms with E-state index in [4.69, 9.17) is 32.7 Å². The molecule has 0 atom stereocenters. The van der Waals surface area contributed by atoms with Gasteiger partial charge in [0, 0.05) is 6.07 Å². The lowest BCUT2D eigenvalue weighted by Crippen LogP contribution is -2.30. The average molecular weight is 427 g/mol. The van der Waals surface area contributed by atoms with E-state index in [1.165, 1.54) is 30.1 Å². The molecule has 140 valence electrons. The van der Waals surface area contributed by atoms with E-state index in [2.05, 4.69) is 15.1 Å². The molecule has 0 saturated carbocycles. The first kappa shape index (κ1) is 19.3. The number of aromatic amines is 1. The highest BCUT2D eigenvalue weighted by Crippen LogP contribution is 2.39. The molecule has 2 aromatic heterocycles. The van der Waals surface area contributed by atoms with E-state index in [9.17, 15) is 9.59 Å². The maximum Gasteiger partial charge on any atom is 0.349 e. The molecule has 0 bridgehead atoms. The third-order valence-corrected chi connectivity index (χ3v) is 4.71. The summed E-state index contributed by atoms with van der Waals surface area (Å²) in [5.74, 6) is 1.06. The second-order valence-corrected chi connectivity index (χ2v) is 6.73. The molecule has 2 heterocycles. The first-order chi connectivity index (χ1) is 12.9. The molecule has 0 saturated heterocycles. The minimum atomic E-state index is -0.718. The zero-order valence-corrected chi connectivity index (χ0v) is 16.4. The summed E-state index contributed by atoms with van der Waals surface area (Å²) in [6.45, 7) is 0. The largest absolute Gasteiger partial charge is 0.494 e. The smallest absolute Gasteiger partial charge is 0.349 e. The topological polar surface area (TPSA) is 99.1 Å². The van der Waals surface area contributed by atoms with Gasteiger partial charge in [-0.05, 0) is 18.4 Å². The number of methoxy groups -OCH3 is 1. The van der Waals surface area contributed by atoms with Gasteiger partial charge in [-0.25, -0.2) is 9.78 Å². The molecule has 11 heteroatoms. The second kappa shape index (κ2) is 8.03. The summed E-state index contributed by atoms with van der Waals surface area (Å²) < 4.78 is 11.9. The summed E-state index contributed by atoms with van der Waals surface area (Å²) in [6.07, 6.45) is 4.39. The maximum absolute atomic E-state index is 11.9. The second-order valence-electron chi connectivity index (χ2n) is 5.07. The molecule has 1 aromatic carbocycles. The van der Waals surface area contributed by atoms with Gasteiger partial charge in [0.05, 0.1) is 33.9 Å². The molecule has 3 aromatic rings.